The van der Waals surface area contributed by atoms with Crippen LogP contribution in [0.1, 0.15) is 76.5 Å². The van der Waals surface area contributed by atoms with Crippen LogP contribution in [0.25, 0.3) is 10.9 Å². The molecule has 0 spiro atoms. The molecule has 0 bridgehead atoms. The van der Waals surface area contributed by atoms with Crippen molar-refractivity contribution < 1.29 is 67.3 Å². The lowest BCUT2D eigenvalue weighted by molar-refractivity contribution is -0.142. The molecule has 1 fully saturated rings. The van der Waals surface area contributed by atoms with E-state index < -0.39 is 145 Å². The molecule has 29 nitrogen and oxygen atoms in total. The van der Waals surface area contributed by atoms with Gasteiger partial charge in [-0.15, -0.1) is 0 Å². The first-order valence-corrected chi connectivity index (χ1v) is 28.5. The number of rotatable bonds is 30. The zero-order valence-corrected chi connectivity index (χ0v) is 49.4. The van der Waals surface area contributed by atoms with E-state index in [1.54, 1.807) is 50.4 Å². The zero-order valence-electron chi connectivity index (χ0n) is 49.4. The van der Waals surface area contributed by atoms with Gasteiger partial charge in [-0.1, -0.05) is 74.5 Å². The molecule has 88 heavy (non-hydrogen) atoms. The number of hydrogen-bond acceptors (Lipinski definition) is 14. The number of aromatic hydroxyl groups is 1. The summed E-state index contributed by atoms with van der Waals surface area (Å²) in [7, 11) is 1.54. The van der Waals surface area contributed by atoms with E-state index >= 15 is 4.39 Å². The number of fused-ring (bicyclic) bond motifs is 1. The molecule has 1 aliphatic rings. The minimum absolute atomic E-state index is 0.00104. The van der Waals surface area contributed by atoms with Crippen molar-refractivity contribution in [3.63, 3.8) is 0 Å². The third kappa shape index (κ3) is 21.3. The molecule has 5 rings (SSSR count). The van der Waals surface area contributed by atoms with Crippen LogP contribution in [0.3, 0.4) is 0 Å². The molecule has 0 unspecified atom stereocenters. The minimum Gasteiger partial charge on any atom is -0.508 e. The van der Waals surface area contributed by atoms with Crippen LogP contribution in [0.4, 0.5) is 9.18 Å². The summed E-state index contributed by atoms with van der Waals surface area (Å²) >= 11 is 0. The first-order chi connectivity index (χ1) is 41.7. The average Bonchev–Trinajstić information content (AvgIpc) is 2.76. The van der Waals surface area contributed by atoms with Gasteiger partial charge in [0.15, 0.2) is 5.96 Å². The van der Waals surface area contributed by atoms with Gasteiger partial charge in [0.25, 0.3) is 5.91 Å². The average molecular weight is 1230 g/mol. The number of hydrogen-bond donors (Lipinski definition) is 17. The van der Waals surface area contributed by atoms with E-state index in [1.807, 2.05) is 24.3 Å². The fourth-order valence-corrected chi connectivity index (χ4v) is 9.72. The maximum Gasteiger partial charge on any atom is 0.334 e. The summed E-state index contributed by atoms with van der Waals surface area (Å²) < 4.78 is 15.1. The van der Waals surface area contributed by atoms with Gasteiger partial charge in [0.2, 0.25) is 53.2 Å². The fraction of sp³-hybridized carbons (Fsp3) is 0.448. The molecule has 1 aromatic heterocycles. The van der Waals surface area contributed by atoms with Gasteiger partial charge in [-0.05, 0) is 67.0 Å². The summed E-state index contributed by atoms with van der Waals surface area (Å²) in [6, 6.07) is 7.98. The summed E-state index contributed by atoms with van der Waals surface area (Å²) in [5.74, 6) is -9.93. The highest BCUT2D eigenvalue weighted by Gasteiger charge is 2.44. The van der Waals surface area contributed by atoms with E-state index in [1.165, 1.54) is 31.3 Å². The van der Waals surface area contributed by atoms with Gasteiger partial charge >= 0.3 is 6.03 Å². The number of guanidine groups is 1. The minimum atomic E-state index is -1.92. The Labute approximate surface area is 506 Å². The second-order valence-electron chi connectivity index (χ2n) is 21.7. The monoisotopic (exact) mass is 1230 g/mol. The molecule has 19 N–H and O–H groups in total. The number of benzene rings is 3. The molecule has 30 heteroatoms. The predicted molar refractivity (Wildman–Crippen MR) is 318 cm³/mol. The number of nitrogens with two attached hydrogens (primary N) is 2. The number of nitrogens with one attached hydrogen (secondary N) is 13. The molecule has 2 heterocycles. The van der Waals surface area contributed by atoms with Crippen molar-refractivity contribution in [2.75, 3.05) is 20.1 Å². The number of H-pyrrole nitrogens is 1. The van der Waals surface area contributed by atoms with E-state index in [0.29, 0.717) is 16.7 Å². The molecule has 3 aromatic carbocycles. The molecular weight excluding hydrogens is 1150 g/mol. The molecule has 12 amide bonds. The molecule has 476 valence electrons. The Morgan fingerprint density at radius 1 is 0.693 bits per heavy atom. The number of aliphatic hydroxyl groups is 1. The Morgan fingerprint density at radius 3 is 1.94 bits per heavy atom. The van der Waals surface area contributed by atoms with Crippen LogP contribution in [-0.2, 0) is 67.2 Å². The van der Waals surface area contributed by atoms with Gasteiger partial charge in [-0.3, -0.25) is 58.8 Å². The maximum absolute atomic E-state index is 15.1. The van der Waals surface area contributed by atoms with Crippen molar-refractivity contribution in [3.05, 3.63) is 102 Å². The van der Waals surface area contributed by atoms with E-state index in [0.717, 1.165) is 29.7 Å². The summed E-state index contributed by atoms with van der Waals surface area (Å²) in [6.45, 7) is 5.39. The molecule has 1 aliphatic heterocycles. The van der Waals surface area contributed by atoms with Crippen LogP contribution < -0.4 is 70.2 Å². The number of aromatic nitrogens is 1. The lowest BCUT2D eigenvalue weighted by atomic mass is 10.0. The maximum atomic E-state index is 15.1. The number of phenolic OH excluding ortho intramolecular Hbond substituents is 1. The number of carbonyl (C=O) groups is 11. The number of primary amides is 2. The van der Waals surface area contributed by atoms with Gasteiger partial charge in [0.1, 0.15) is 60.3 Å². The normalized spacial score (nSPS) is 16.3. The SMILES string of the molecule is CNC(=N)NCCC[C@H](NC(=O)[C@H](CC(C)C)NC(=O)NNC(=O)[C@H](Cc1ccccc1)NC(=O)[C@@H](NC(=O)[C@H](CC(N)=O)NC(=O)[C@@H]1C[C@@H](F)CN1C(=O)[C@@H](Cc1ccc(O)cc1)NC(C)=O)[C@@H](C)O)C(=O)N[C@@H](Cc1c[nH]c2ccccc12)C(N)=O. The molecule has 0 saturated carbocycles. The van der Waals surface area contributed by atoms with Crippen molar-refractivity contribution in [1.29, 1.82) is 5.41 Å². The summed E-state index contributed by atoms with van der Waals surface area (Å²) in [5, 5.41) is 52.0. The Hall–Kier alpha value is -9.87. The second kappa shape index (κ2) is 33.1. The van der Waals surface area contributed by atoms with E-state index in [9.17, 15) is 63.0 Å². The van der Waals surface area contributed by atoms with Crippen molar-refractivity contribution in [2.45, 2.75) is 140 Å². The highest BCUT2D eigenvalue weighted by atomic mass is 19.1. The largest absolute Gasteiger partial charge is 0.508 e. The fourth-order valence-electron chi connectivity index (χ4n) is 9.72. The van der Waals surface area contributed by atoms with Crippen LogP contribution in [0.2, 0.25) is 0 Å². The summed E-state index contributed by atoms with van der Waals surface area (Å²) in [4.78, 5) is 153. The Kier molecular flexibility index (Phi) is 26.0. The number of hydrazine groups is 1. The molecule has 0 aliphatic carbocycles. The number of likely N-dealkylation sites (tertiary alicyclic amines) is 1. The van der Waals surface area contributed by atoms with Crippen LogP contribution >= 0.6 is 0 Å². The molecular formula is C58H79FN16O13. The quantitative estimate of drug-likeness (QED) is 0.0114. The lowest BCUT2D eigenvalue weighted by Gasteiger charge is -2.30. The molecule has 1 saturated heterocycles. The van der Waals surface area contributed by atoms with E-state index in [4.69, 9.17) is 16.9 Å². The Morgan fingerprint density at radius 2 is 1.31 bits per heavy atom. The summed E-state index contributed by atoms with van der Waals surface area (Å²) in [5.41, 5.74) is 18.0. The molecule has 0 radical (unpaired) electrons. The third-order valence-corrected chi connectivity index (χ3v) is 14.1. The van der Waals surface area contributed by atoms with Gasteiger partial charge in [-0.25, -0.2) is 14.6 Å². The number of amides is 12. The van der Waals surface area contributed by atoms with E-state index in [2.05, 4.69) is 63.7 Å². The number of phenols is 1. The van der Waals surface area contributed by atoms with Gasteiger partial charge in [-0.2, -0.15) is 0 Å². The lowest BCUT2D eigenvalue weighted by Crippen LogP contribution is -2.62. The number of nitrogens with zero attached hydrogens (tertiary/aromatic N) is 1. The Balaban J connectivity index is 1.27. The number of alkyl halides is 1. The molecule has 4 aromatic rings. The number of urea groups is 1. The van der Waals surface area contributed by atoms with Crippen molar-refractivity contribution in [1.82, 2.24) is 68.6 Å². The topological polar surface area (TPSA) is 455 Å². The number of aromatic amines is 1. The van der Waals surface area contributed by atoms with Gasteiger partial charge < -0.3 is 79.4 Å². The highest BCUT2D eigenvalue weighted by Crippen LogP contribution is 2.24. The number of aliphatic hydroxyl groups excluding tert-OH is 1. The number of carbonyl (C=O) groups excluding carboxylic acids is 11. The van der Waals surface area contributed by atoms with E-state index in [-0.39, 0.29) is 62.7 Å². The van der Waals surface area contributed by atoms with Crippen molar-refractivity contribution in [2.24, 2.45) is 17.4 Å². The van der Waals surface area contributed by atoms with Gasteiger partial charge in [0, 0.05) is 63.3 Å². The second-order valence-corrected chi connectivity index (χ2v) is 21.7. The van der Waals surface area contributed by atoms with Crippen LogP contribution in [0.5, 0.6) is 5.75 Å². The zero-order chi connectivity index (χ0) is 64.8. The van der Waals surface area contributed by atoms with Crippen LogP contribution in [0.15, 0.2) is 85.1 Å². The van der Waals surface area contributed by atoms with Crippen molar-refractivity contribution >= 4 is 82.0 Å². The van der Waals surface area contributed by atoms with Crippen molar-refractivity contribution in [3.8, 4) is 5.75 Å². The van der Waals surface area contributed by atoms with Crippen LogP contribution in [-0.4, -0.2) is 172 Å². The van der Waals surface area contributed by atoms with Crippen LogP contribution in [0, 0.1) is 11.3 Å². The van der Waals surface area contributed by atoms with Gasteiger partial charge in [0.05, 0.1) is 19.1 Å². The Bertz CT molecular complexity index is 3130. The molecule has 10 atom stereocenters. The number of halogens is 1. The first kappa shape index (κ1) is 68.9. The smallest absolute Gasteiger partial charge is 0.334 e. The first-order valence-electron chi connectivity index (χ1n) is 28.5. The third-order valence-electron chi connectivity index (χ3n) is 14.1. The highest BCUT2D eigenvalue weighted by molar-refractivity contribution is 5.99. The number of para-hydroxylation sites is 1. The predicted octanol–water partition coefficient (Wildman–Crippen LogP) is -2.22. The summed E-state index contributed by atoms with van der Waals surface area (Å²) in [6.07, 6.45) is -3.34. The standard InChI is InChI=1S/C58H79FN16O13/c1-30(2)22-42(51(82)67-40(16-11-21-64-57(62)63-5)50(81)68-41(49(61)80)25-35-28-65-39-15-10-9-14-38(35)39)71-58(88)74-73-53(84)43(23-33-12-7-6-8-13-33)70-55(86)48(31(3)76)72-52(83)44(27-47(60)79)69-54(85)46-26-36(59)29-75(46)56(87)45(66-32(4)77)24-34-17-19-37(78)20-18-34/h6-10,12-15,17-20,28,30-31,36,40-46,48,65,76,78H,11,16,21-27,29H2,1-5H3,(H2,60,79)(H2,61,80)(H,66,77)(H,67,82)(H,68,81)(H,69,85)(H,70,86)(H,72,83)(H,73,84)(H3,62,63,64)(H2,71,74,88)/t31-,36-,40+,41+,42+,43+,44+,45-,46+,48+/m1/s1.